The van der Waals surface area contributed by atoms with Crippen LogP contribution in [-0.2, 0) is 4.79 Å². The van der Waals surface area contributed by atoms with Gasteiger partial charge < -0.3 is 14.4 Å². The second-order valence-electron chi connectivity index (χ2n) is 5.92. The molecule has 0 spiro atoms. The van der Waals surface area contributed by atoms with Crippen LogP contribution in [0.5, 0.6) is 11.5 Å². The van der Waals surface area contributed by atoms with E-state index in [-0.39, 0.29) is 17.6 Å². The Morgan fingerprint density at radius 3 is 2.48 bits per heavy atom. The molecule has 7 nitrogen and oxygen atoms in total. The van der Waals surface area contributed by atoms with Crippen LogP contribution in [0.3, 0.4) is 0 Å². The first-order valence-electron chi connectivity index (χ1n) is 8.28. The van der Waals surface area contributed by atoms with E-state index in [1.165, 1.54) is 23.1 Å². The van der Waals surface area contributed by atoms with Crippen LogP contribution in [-0.4, -0.2) is 37.0 Å². The summed E-state index contributed by atoms with van der Waals surface area (Å²) in [5, 5.41) is 10.9. The van der Waals surface area contributed by atoms with Crippen LogP contribution in [0.1, 0.15) is 24.1 Å². The van der Waals surface area contributed by atoms with Crippen LogP contribution in [0.4, 0.5) is 5.69 Å². The predicted octanol–water partition coefficient (Wildman–Crippen LogP) is 3.84. The lowest BCUT2D eigenvalue weighted by Crippen LogP contribution is -2.28. The number of amides is 1. The fraction of sp³-hybridized carbons (Fsp3) is 0.250. The first-order chi connectivity index (χ1) is 12.9. The van der Waals surface area contributed by atoms with Crippen molar-refractivity contribution in [2.75, 3.05) is 21.3 Å². The largest absolute Gasteiger partial charge is 0.493 e. The molecule has 2 rings (SSSR count). The number of non-ortho nitro benzene ring substituents is 1. The van der Waals surface area contributed by atoms with Crippen LogP contribution >= 0.6 is 0 Å². The van der Waals surface area contributed by atoms with E-state index in [0.717, 1.165) is 5.56 Å². The fourth-order valence-electron chi connectivity index (χ4n) is 2.55. The minimum atomic E-state index is -0.449. The maximum absolute atomic E-state index is 12.5. The molecule has 0 unspecified atom stereocenters. The summed E-state index contributed by atoms with van der Waals surface area (Å²) < 4.78 is 10.4. The highest BCUT2D eigenvalue weighted by Crippen LogP contribution is 2.28. The molecule has 0 aromatic heterocycles. The van der Waals surface area contributed by atoms with Gasteiger partial charge in [0.1, 0.15) is 0 Å². The molecule has 1 atom stereocenters. The Bertz CT molecular complexity index is 863. The third kappa shape index (κ3) is 4.84. The number of nitro benzene ring substituents is 1. The normalized spacial score (nSPS) is 11.9. The number of hydrogen-bond acceptors (Lipinski definition) is 5. The Labute approximate surface area is 158 Å². The SMILES string of the molecule is COc1ccc(/C=C/C(=O)N(C)[C@H](C)c2cccc([N+](=O)[O-])c2)cc1OC. The van der Waals surface area contributed by atoms with Crippen molar-refractivity contribution in [2.24, 2.45) is 0 Å². The lowest BCUT2D eigenvalue weighted by Gasteiger charge is -2.24. The number of likely N-dealkylation sites (N-methyl/N-ethyl adjacent to an activating group) is 1. The van der Waals surface area contributed by atoms with E-state index < -0.39 is 4.92 Å². The summed E-state index contributed by atoms with van der Waals surface area (Å²) in [5.74, 6) is 0.964. The average Bonchev–Trinajstić information content (AvgIpc) is 2.70. The monoisotopic (exact) mass is 370 g/mol. The van der Waals surface area contributed by atoms with Gasteiger partial charge in [-0.3, -0.25) is 14.9 Å². The van der Waals surface area contributed by atoms with E-state index in [9.17, 15) is 14.9 Å². The average molecular weight is 370 g/mol. The van der Waals surface area contributed by atoms with Crippen LogP contribution in [0.2, 0.25) is 0 Å². The third-order valence-electron chi connectivity index (χ3n) is 4.32. The van der Waals surface area contributed by atoms with Crippen molar-refractivity contribution >= 4 is 17.7 Å². The fourth-order valence-corrected chi connectivity index (χ4v) is 2.55. The van der Waals surface area contributed by atoms with Crippen molar-refractivity contribution in [3.8, 4) is 11.5 Å². The number of nitro groups is 1. The zero-order valence-electron chi connectivity index (χ0n) is 15.7. The van der Waals surface area contributed by atoms with Crippen molar-refractivity contribution in [1.82, 2.24) is 4.90 Å². The second kappa shape index (κ2) is 8.84. The molecule has 0 heterocycles. The molecule has 0 saturated heterocycles. The summed E-state index contributed by atoms with van der Waals surface area (Å²) in [5.41, 5.74) is 1.48. The van der Waals surface area contributed by atoms with Crippen molar-refractivity contribution < 1.29 is 19.2 Å². The number of ether oxygens (including phenoxy) is 2. The molecule has 1 amide bonds. The van der Waals surface area contributed by atoms with Gasteiger partial charge in [0.25, 0.3) is 5.69 Å². The van der Waals surface area contributed by atoms with Gasteiger partial charge in [-0.05, 0) is 36.3 Å². The first-order valence-corrected chi connectivity index (χ1v) is 8.28. The van der Waals surface area contributed by atoms with Crippen molar-refractivity contribution in [1.29, 1.82) is 0 Å². The number of rotatable bonds is 7. The van der Waals surface area contributed by atoms with Crippen LogP contribution in [0.25, 0.3) is 6.08 Å². The molecular formula is C20H22N2O5. The number of hydrogen-bond donors (Lipinski definition) is 0. The molecule has 0 aliphatic rings. The minimum Gasteiger partial charge on any atom is -0.493 e. The molecule has 0 bridgehead atoms. The maximum atomic E-state index is 12.5. The molecule has 0 radical (unpaired) electrons. The van der Waals surface area contributed by atoms with Gasteiger partial charge in [0.2, 0.25) is 5.91 Å². The summed E-state index contributed by atoms with van der Waals surface area (Å²) in [6.07, 6.45) is 3.13. The van der Waals surface area contributed by atoms with Gasteiger partial charge in [0.05, 0.1) is 25.2 Å². The lowest BCUT2D eigenvalue weighted by atomic mass is 10.1. The van der Waals surface area contributed by atoms with Crippen molar-refractivity contribution in [3.05, 3.63) is 69.8 Å². The number of benzene rings is 2. The Morgan fingerprint density at radius 1 is 1.15 bits per heavy atom. The van der Waals surface area contributed by atoms with Gasteiger partial charge in [-0.15, -0.1) is 0 Å². The van der Waals surface area contributed by atoms with E-state index in [2.05, 4.69) is 0 Å². The number of nitrogens with zero attached hydrogens (tertiary/aromatic N) is 2. The van der Waals surface area contributed by atoms with Gasteiger partial charge in [0.15, 0.2) is 11.5 Å². The molecule has 0 aliphatic carbocycles. The summed E-state index contributed by atoms with van der Waals surface area (Å²) >= 11 is 0. The molecule has 0 saturated carbocycles. The van der Waals surface area contributed by atoms with E-state index in [4.69, 9.17) is 9.47 Å². The number of carbonyl (C=O) groups is 1. The summed E-state index contributed by atoms with van der Waals surface area (Å²) in [7, 11) is 4.76. The zero-order valence-corrected chi connectivity index (χ0v) is 15.7. The van der Waals surface area contributed by atoms with E-state index >= 15 is 0 Å². The molecule has 0 fully saturated rings. The second-order valence-corrected chi connectivity index (χ2v) is 5.92. The molecule has 2 aromatic carbocycles. The quantitative estimate of drug-likeness (QED) is 0.420. The molecule has 0 N–H and O–H groups in total. The Hall–Kier alpha value is -3.35. The smallest absolute Gasteiger partial charge is 0.269 e. The molecule has 27 heavy (non-hydrogen) atoms. The maximum Gasteiger partial charge on any atom is 0.269 e. The van der Waals surface area contributed by atoms with Gasteiger partial charge in [0, 0.05) is 25.3 Å². The van der Waals surface area contributed by atoms with Crippen LogP contribution in [0.15, 0.2) is 48.5 Å². The predicted molar refractivity (Wildman–Crippen MR) is 103 cm³/mol. The zero-order chi connectivity index (χ0) is 20.0. The van der Waals surface area contributed by atoms with Crippen LogP contribution in [0, 0.1) is 10.1 Å². The summed E-state index contributed by atoms with van der Waals surface area (Å²) in [4.78, 5) is 24.5. The molecule has 142 valence electrons. The molecule has 0 aliphatic heterocycles. The number of carbonyl (C=O) groups excluding carboxylic acids is 1. The highest BCUT2D eigenvalue weighted by molar-refractivity contribution is 5.92. The van der Waals surface area contributed by atoms with Crippen LogP contribution < -0.4 is 9.47 Å². The summed E-state index contributed by atoms with van der Waals surface area (Å²) in [6, 6.07) is 11.3. The molecule has 2 aromatic rings. The Balaban J connectivity index is 2.14. The van der Waals surface area contributed by atoms with Gasteiger partial charge >= 0.3 is 0 Å². The molecule has 7 heteroatoms. The van der Waals surface area contributed by atoms with Gasteiger partial charge in [-0.1, -0.05) is 18.2 Å². The third-order valence-corrected chi connectivity index (χ3v) is 4.32. The lowest BCUT2D eigenvalue weighted by molar-refractivity contribution is -0.384. The van der Waals surface area contributed by atoms with Gasteiger partial charge in [-0.2, -0.15) is 0 Å². The first kappa shape index (κ1) is 20.0. The van der Waals surface area contributed by atoms with Crippen molar-refractivity contribution in [3.63, 3.8) is 0 Å². The highest BCUT2D eigenvalue weighted by Gasteiger charge is 2.17. The topological polar surface area (TPSA) is 81.9 Å². The standard InChI is InChI=1S/C20H22N2O5/c1-14(16-6-5-7-17(13-16)22(24)25)21(2)20(23)11-9-15-8-10-18(26-3)19(12-15)27-4/h5-14H,1-4H3/b11-9+/t14-/m1/s1. The Kier molecular flexibility index (Phi) is 6.54. The van der Waals surface area contributed by atoms with E-state index in [1.807, 2.05) is 13.0 Å². The van der Waals surface area contributed by atoms with Gasteiger partial charge in [-0.25, -0.2) is 0 Å². The highest BCUT2D eigenvalue weighted by atomic mass is 16.6. The number of methoxy groups -OCH3 is 2. The molecular weight excluding hydrogens is 348 g/mol. The Morgan fingerprint density at radius 2 is 1.85 bits per heavy atom. The van der Waals surface area contributed by atoms with E-state index in [1.54, 1.807) is 51.6 Å². The summed E-state index contributed by atoms with van der Waals surface area (Å²) in [6.45, 7) is 1.82. The van der Waals surface area contributed by atoms with Crippen molar-refractivity contribution in [2.45, 2.75) is 13.0 Å². The van der Waals surface area contributed by atoms with E-state index in [0.29, 0.717) is 17.1 Å². The minimum absolute atomic E-state index is 0.000990.